The lowest BCUT2D eigenvalue weighted by Crippen LogP contribution is -2.04. The van der Waals surface area contributed by atoms with Crippen molar-refractivity contribution in [3.8, 4) is 0 Å². The number of hydrogen-bond acceptors (Lipinski definition) is 3. The molecular weight excluding hydrogens is 262 g/mol. The predicted octanol–water partition coefficient (Wildman–Crippen LogP) is 3.42. The van der Waals surface area contributed by atoms with Crippen LogP contribution in [-0.2, 0) is 0 Å². The molecule has 0 spiro atoms. The molecule has 0 fully saturated rings. The van der Waals surface area contributed by atoms with Crippen LogP contribution in [0.4, 0.5) is 34.9 Å². The zero-order valence-corrected chi connectivity index (χ0v) is 9.77. The van der Waals surface area contributed by atoms with Crippen molar-refractivity contribution in [1.29, 1.82) is 0 Å². The summed E-state index contributed by atoms with van der Waals surface area (Å²) < 4.78 is 53.0. The molecule has 1 aromatic heterocycles. The highest BCUT2D eigenvalue weighted by molar-refractivity contribution is 5.59. The first-order chi connectivity index (χ1) is 9.01. The van der Waals surface area contributed by atoms with Crippen molar-refractivity contribution in [2.45, 2.75) is 0 Å². The first kappa shape index (κ1) is 13.1. The van der Waals surface area contributed by atoms with Gasteiger partial charge in [0.1, 0.15) is 11.6 Å². The van der Waals surface area contributed by atoms with Gasteiger partial charge in [0, 0.05) is 19.2 Å². The molecule has 100 valence electrons. The van der Waals surface area contributed by atoms with Crippen molar-refractivity contribution in [3.05, 3.63) is 47.5 Å². The highest BCUT2D eigenvalue weighted by atomic mass is 19.1. The molecule has 0 radical (unpaired) electrons. The van der Waals surface area contributed by atoms with E-state index in [9.17, 15) is 17.6 Å². The summed E-state index contributed by atoms with van der Waals surface area (Å²) in [7, 11) is 1.40. The molecule has 7 heteroatoms. The van der Waals surface area contributed by atoms with Crippen LogP contribution in [0.2, 0.25) is 0 Å². The Hall–Kier alpha value is -2.31. The fourth-order valence-corrected chi connectivity index (χ4v) is 1.45. The molecule has 0 saturated carbocycles. The summed E-state index contributed by atoms with van der Waals surface area (Å²) in [6.07, 6.45) is 0. The van der Waals surface area contributed by atoms with Crippen LogP contribution in [0, 0.1) is 23.3 Å². The summed E-state index contributed by atoms with van der Waals surface area (Å²) in [6.45, 7) is 0. The smallest absolute Gasteiger partial charge is 0.169 e. The molecule has 0 atom stereocenters. The lowest BCUT2D eigenvalue weighted by atomic mass is 10.3. The molecule has 1 heterocycles. The van der Waals surface area contributed by atoms with E-state index >= 15 is 0 Å². The van der Waals surface area contributed by atoms with Crippen molar-refractivity contribution in [2.24, 2.45) is 0 Å². The van der Waals surface area contributed by atoms with E-state index in [1.807, 2.05) is 0 Å². The van der Waals surface area contributed by atoms with Crippen LogP contribution in [0.1, 0.15) is 0 Å². The number of benzene rings is 1. The Morgan fingerprint density at radius 3 is 2.26 bits per heavy atom. The third-order valence-electron chi connectivity index (χ3n) is 2.35. The zero-order chi connectivity index (χ0) is 14.0. The Morgan fingerprint density at radius 1 is 0.895 bits per heavy atom. The van der Waals surface area contributed by atoms with Crippen molar-refractivity contribution in [2.75, 3.05) is 17.7 Å². The van der Waals surface area contributed by atoms with Gasteiger partial charge in [-0.2, -0.15) is 0 Å². The fourth-order valence-electron chi connectivity index (χ4n) is 1.45. The summed E-state index contributed by atoms with van der Waals surface area (Å²) >= 11 is 0. The van der Waals surface area contributed by atoms with Gasteiger partial charge in [0.15, 0.2) is 23.3 Å². The van der Waals surface area contributed by atoms with Crippen molar-refractivity contribution < 1.29 is 17.6 Å². The summed E-state index contributed by atoms with van der Waals surface area (Å²) in [4.78, 5) is 3.60. The summed E-state index contributed by atoms with van der Waals surface area (Å²) in [5.41, 5.74) is -0.292. The first-order valence-corrected chi connectivity index (χ1v) is 5.27. The molecule has 1 aromatic carbocycles. The Kier molecular flexibility index (Phi) is 3.55. The number of halogens is 4. The van der Waals surface area contributed by atoms with Crippen LogP contribution in [0.5, 0.6) is 0 Å². The number of aromatic nitrogens is 1. The van der Waals surface area contributed by atoms with E-state index in [2.05, 4.69) is 15.6 Å². The predicted molar refractivity (Wildman–Crippen MR) is 63.3 cm³/mol. The maximum absolute atomic E-state index is 13.5. The quantitative estimate of drug-likeness (QED) is 0.840. The van der Waals surface area contributed by atoms with Gasteiger partial charge in [0.05, 0.1) is 5.69 Å². The summed E-state index contributed by atoms with van der Waals surface area (Å²) in [6, 6.07) is 3.25. The Bertz CT molecular complexity index is 616. The van der Waals surface area contributed by atoms with Gasteiger partial charge < -0.3 is 10.6 Å². The molecule has 2 rings (SSSR count). The topological polar surface area (TPSA) is 37.0 Å². The fraction of sp³-hybridized carbons (Fsp3) is 0.0833. The highest BCUT2D eigenvalue weighted by Crippen LogP contribution is 2.24. The summed E-state index contributed by atoms with van der Waals surface area (Å²) in [5, 5.41) is 4.69. The van der Waals surface area contributed by atoms with Crippen LogP contribution in [0.3, 0.4) is 0 Å². The average Bonchev–Trinajstić information content (AvgIpc) is 2.37. The monoisotopic (exact) mass is 271 g/mol. The van der Waals surface area contributed by atoms with E-state index in [1.165, 1.54) is 7.05 Å². The van der Waals surface area contributed by atoms with Crippen molar-refractivity contribution in [3.63, 3.8) is 0 Å². The number of nitrogens with one attached hydrogen (secondary N) is 2. The Labute approximate surface area is 106 Å². The van der Waals surface area contributed by atoms with Gasteiger partial charge in [-0.3, -0.25) is 0 Å². The molecule has 0 aliphatic heterocycles. The minimum absolute atomic E-state index is 0.208. The number of anilines is 3. The van der Waals surface area contributed by atoms with E-state index in [0.717, 1.165) is 18.2 Å². The second kappa shape index (κ2) is 5.13. The molecule has 0 saturated heterocycles. The van der Waals surface area contributed by atoms with Crippen LogP contribution >= 0.6 is 0 Å². The van der Waals surface area contributed by atoms with E-state index in [-0.39, 0.29) is 11.5 Å². The van der Waals surface area contributed by atoms with Gasteiger partial charge >= 0.3 is 0 Å². The summed E-state index contributed by atoms with van der Waals surface area (Å²) in [5.74, 6) is -3.99. The number of rotatable bonds is 3. The zero-order valence-electron chi connectivity index (χ0n) is 9.77. The molecule has 2 N–H and O–H groups in total. The molecule has 0 unspecified atom stereocenters. The lowest BCUT2D eigenvalue weighted by molar-refractivity contribution is 0.578. The molecule has 2 aromatic rings. The maximum Gasteiger partial charge on any atom is 0.169 e. The molecule has 3 nitrogen and oxygen atoms in total. The van der Waals surface area contributed by atoms with Crippen molar-refractivity contribution >= 4 is 17.3 Å². The van der Waals surface area contributed by atoms with Gasteiger partial charge in [0.25, 0.3) is 0 Å². The van der Waals surface area contributed by atoms with E-state index in [4.69, 9.17) is 0 Å². The van der Waals surface area contributed by atoms with Gasteiger partial charge in [-0.05, 0) is 12.1 Å². The van der Waals surface area contributed by atoms with Gasteiger partial charge in [0.2, 0.25) is 0 Å². The number of nitrogens with zero attached hydrogens (tertiary/aromatic N) is 1. The SMILES string of the molecule is CNc1nc(Nc2cc(F)ccc2F)c(F)cc1F. The van der Waals surface area contributed by atoms with Crippen molar-refractivity contribution in [1.82, 2.24) is 4.98 Å². The average molecular weight is 271 g/mol. The first-order valence-electron chi connectivity index (χ1n) is 5.27. The van der Waals surface area contributed by atoms with Crippen LogP contribution in [-0.4, -0.2) is 12.0 Å². The second-order valence-corrected chi connectivity index (χ2v) is 3.65. The molecule has 19 heavy (non-hydrogen) atoms. The number of hydrogen-bond donors (Lipinski definition) is 2. The Morgan fingerprint density at radius 2 is 1.58 bits per heavy atom. The van der Waals surface area contributed by atoms with Crippen LogP contribution in [0.15, 0.2) is 24.3 Å². The third kappa shape index (κ3) is 2.75. The maximum atomic E-state index is 13.5. The minimum atomic E-state index is -1.01. The van der Waals surface area contributed by atoms with E-state index < -0.39 is 29.1 Å². The van der Waals surface area contributed by atoms with Gasteiger partial charge in [-0.1, -0.05) is 0 Å². The van der Waals surface area contributed by atoms with E-state index in [0.29, 0.717) is 6.07 Å². The van der Waals surface area contributed by atoms with Gasteiger partial charge in [-0.15, -0.1) is 0 Å². The standard InChI is InChI=1S/C12H9F4N3/c1-17-11-8(15)5-9(16)12(19-11)18-10-4-6(13)2-3-7(10)14/h2-5H,1H3,(H2,17,18,19). The lowest BCUT2D eigenvalue weighted by Gasteiger charge is -2.10. The third-order valence-corrected chi connectivity index (χ3v) is 2.35. The molecule has 0 amide bonds. The van der Waals surface area contributed by atoms with Gasteiger partial charge in [-0.25, -0.2) is 22.5 Å². The van der Waals surface area contributed by atoms with E-state index in [1.54, 1.807) is 0 Å². The molecule has 0 bridgehead atoms. The highest BCUT2D eigenvalue weighted by Gasteiger charge is 2.13. The number of pyridine rings is 1. The second-order valence-electron chi connectivity index (χ2n) is 3.65. The molecular formula is C12H9F4N3. The molecule has 0 aliphatic carbocycles. The largest absolute Gasteiger partial charge is 0.371 e. The Balaban J connectivity index is 2.40. The normalized spacial score (nSPS) is 10.4. The minimum Gasteiger partial charge on any atom is -0.371 e. The molecule has 0 aliphatic rings. The van der Waals surface area contributed by atoms with Crippen LogP contribution in [0.25, 0.3) is 0 Å². The van der Waals surface area contributed by atoms with Crippen LogP contribution < -0.4 is 10.6 Å².